The lowest BCUT2D eigenvalue weighted by molar-refractivity contribution is 0.0299. The normalized spacial score (nSPS) is 26.8. The van der Waals surface area contributed by atoms with E-state index in [0.717, 1.165) is 32.3 Å². The summed E-state index contributed by atoms with van der Waals surface area (Å²) in [6.45, 7) is 6.72. The minimum Gasteiger partial charge on any atom is -0.381 e. The molecule has 0 aliphatic carbocycles. The number of ether oxygens (including phenoxy) is 1. The Morgan fingerprint density at radius 2 is 1.69 bits per heavy atom. The summed E-state index contributed by atoms with van der Waals surface area (Å²) in [5.41, 5.74) is 0. The first kappa shape index (κ1) is 11.2. The van der Waals surface area contributed by atoms with Crippen molar-refractivity contribution in [3.05, 3.63) is 0 Å². The smallest absolute Gasteiger partial charge is 0.0480 e. The number of rotatable bonds is 1. The fraction of sp³-hybridized carbons (Fsp3) is 1.00. The molecule has 2 rings (SSSR count). The SMILES string of the molecule is C1CN(C2CCOCC2)CCN1.Cl. The molecule has 3 nitrogen and oxygen atoms in total. The van der Waals surface area contributed by atoms with Crippen LogP contribution in [0.5, 0.6) is 0 Å². The number of piperazine rings is 1. The molecule has 0 saturated carbocycles. The summed E-state index contributed by atoms with van der Waals surface area (Å²) >= 11 is 0. The topological polar surface area (TPSA) is 24.5 Å². The van der Waals surface area contributed by atoms with Crippen molar-refractivity contribution >= 4 is 12.4 Å². The summed E-state index contributed by atoms with van der Waals surface area (Å²) in [6.07, 6.45) is 2.47. The van der Waals surface area contributed by atoms with Crippen LogP contribution in [-0.2, 0) is 4.74 Å². The van der Waals surface area contributed by atoms with Crippen molar-refractivity contribution in [3.8, 4) is 0 Å². The first-order valence-electron chi connectivity index (χ1n) is 4.99. The Kier molecular flexibility index (Phi) is 5.02. The second kappa shape index (κ2) is 5.81. The minimum atomic E-state index is 0. The van der Waals surface area contributed by atoms with Gasteiger partial charge in [-0.2, -0.15) is 0 Å². The molecule has 2 heterocycles. The summed E-state index contributed by atoms with van der Waals surface area (Å²) < 4.78 is 5.35. The Bertz CT molecular complexity index is 118. The lowest BCUT2D eigenvalue weighted by Gasteiger charge is -2.36. The Morgan fingerprint density at radius 3 is 2.31 bits per heavy atom. The average Bonchev–Trinajstić information content (AvgIpc) is 2.21. The van der Waals surface area contributed by atoms with Crippen LogP contribution in [0.4, 0.5) is 0 Å². The predicted octanol–water partition coefficient (Wildman–Crippen LogP) is 0.492. The van der Waals surface area contributed by atoms with Crippen LogP contribution < -0.4 is 5.32 Å². The third kappa shape index (κ3) is 3.09. The molecule has 4 heteroatoms. The molecule has 2 saturated heterocycles. The fourth-order valence-electron chi connectivity index (χ4n) is 2.10. The van der Waals surface area contributed by atoms with Gasteiger partial charge in [0.15, 0.2) is 0 Å². The molecule has 0 bridgehead atoms. The van der Waals surface area contributed by atoms with Gasteiger partial charge in [-0.15, -0.1) is 12.4 Å². The summed E-state index contributed by atoms with van der Waals surface area (Å²) in [5.74, 6) is 0. The highest BCUT2D eigenvalue weighted by atomic mass is 35.5. The molecule has 0 aromatic carbocycles. The number of halogens is 1. The maximum atomic E-state index is 5.35. The molecule has 0 radical (unpaired) electrons. The molecule has 1 N–H and O–H groups in total. The van der Waals surface area contributed by atoms with Crippen LogP contribution in [0.25, 0.3) is 0 Å². The maximum Gasteiger partial charge on any atom is 0.0480 e. The van der Waals surface area contributed by atoms with Gasteiger partial charge in [-0.1, -0.05) is 0 Å². The zero-order valence-electron chi connectivity index (χ0n) is 8.00. The molecule has 0 spiro atoms. The predicted molar refractivity (Wildman–Crippen MR) is 55.5 cm³/mol. The Hall–Kier alpha value is 0.170. The van der Waals surface area contributed by atoms with E-state index in [4.69, 9.17) is 4.74 Å². The van der Waals surface area contributed by atoms with Crippen LogP contribution >= 0.6 is 12.4 Å². The molecule has 2 aliphatic heterocycles. The molecule has 0 amide bonds. The molecular weight excluding hydrogens is 188 g/mol. The second-order valence-corrected chi connectivity index (χ2v) is 3.63. The molecule has 0 atom stereocenters. The third-order valence-electron chi connectivity index (χ3n) is 2.86. The molecule has 2 aliphatic rings. The van der Waals surface area contributed by atoms with Crippen molar-refractivity contribution in [1.82, 2.24) is 10.2 Å². The van der Waals surface area contributed by atoms with Crippen LogP contribution in [-0.4, -0.2) is 50.3 Å². The number of hydrogen-bond donors (Lipinski definition) is 1. The van der Waals surface area contributed by atoms with Crippen LogP contribution in [0.1, 0.15) is 12.8 Å². The van der Waals surface area contributed by atoms with Gasteiger partial charge in [-0.05, 0) is 12.8 Å². The molecule has 13 heavy (non-hydrogen) atoms. The van der Waals surface area contributed by atoms with Gasteiger partial charge in [0.05, 0.1) is 0 Å². The van der Waals surface area contributed by atoms with Crippen LogP contribution in [0, 0.1) is 0 Å². The van der Waals surface area contributed by atoms with E-state index in [1.54, 1.807) is 0 Å². The van der Waals surface area contributed by atoms with Gasteiger partial charge >= 0.3 is 0 Å². The van der Waals surface area contributed by atoms with Crippen molar-refractivity contribution in [2.24, 2.45) is 0 Å². The van der Waals surface area contributed by atoms with Gasteiger partial charge < -0.3 is 10.1 Å². The molecule has 0 aromatic rings. The van der Waals surface area contributed by atoms with Gasteiger partial charge in [0.1, 0.15) is 0 Å². The lowest BCUT2D eigenvalue weighted by atomic mass is 10.1. The summed E-state index contributed by atoms with van der Waals surface area (Å²) in [4.78, 5) is 2.61. The van der Waals surface area contributed by atoms with Crippen LogP contribution in [0.2, 0.25) is 0 Å². The van der Waals surface area contributed by atoms with Crippen LogP contribution in [0.3, 0.4) is 0 Å². The Morgan fingerprint density at radius 1 is 1.08 bits per heavy atom. The zero-order valence-corrected chi connectivity index (χ0v) is 8.81. The van der Waals surface area contributed by atoms with Crippen LogP contribution in [0.15, 0.2) is 0 Å². The van der Waals surface area contributed by atoms with E-state index in [1.165, 1.54) is 25.9 Å². The monoisotopic (exact) mass is 206 g/mol. The minimum absolute atomic E-state index is 0. The largest absolute Gasteiger partial charge is 0.381 e. The summed E-state index contributed by atoms with van der Waals surface area (Å²) in [6, 6.07) is 0.806. The highest BCUT2D eigenvalue weighted by Gasteiger charge is 2.22. The van der Waals surface area contributed by atoms with E-state index >= 15 is 0 Å². The molecule has 0 unspecified atom stereocenters. The lowest BCUT2D eigenvalue weighted by Crippen LogP contribution is -2.49. The molecular formula is C9H19ClN2O. The Labute approximate surface area is 86.2 Å². The van der Waals surface area contributed by atoms with Crippen molar-refractivity contribution in [1.29, 1.82) is 0 Å². The van der Waals surface area contributed by atoms with E-state index in [9.17, 15) is 0 Å². The van der Waals surface area contributed by atoms with Gasteiger partial charge in [0, 0.05) is 45.4 Å². The highest BCUT2D eigenvalue weighted by Crippen LogP contribution is 2.14. The van der Waals surface area contributed by atoms with E-state index in [1.807, 2.05) is 0 Å². The zero-order chi connectivity index (χ0) is 8.23. The molecule has 0 aromatic heterocycles. The Balaban J connectivity index is 0.000000845. The quantitative estimate of drug-likeness (QED) is 0.676. The second-order valence-electron chi connectivity index (χ2n) is 3.63. The van der Waals surface area contributed by atoms with Crippen molar-refractivity contribution < 1.29 is 4.74 Å². The summed E-state index contributed by atoms with van der Waals surface area (Å²) in [5, 5.41) is 3.38. The van der Waals surface area contributed by atoms with Crippen molar-refractivity contribution in [3.63, 3.8) is 0 Å². The standard InChI is InChI=1S/C9H18N2O.ClH/c1-7-12-8-2-9(1)11-5-3-10-4-6-11;/h9-10H,1-8H2;1H. The van der Waals surface area contributed by atoms with Crippen molar-refractivity contribution in [2.45, 2.75) is 18.9 Å². The van der Waals surface area contributed by atoms with E-state index < -0.39 is 0 Å². The van der Waals surface area contributed by atoms with Gasteiger partial charge in [0.25, 0.3) is 0 Å². The molecule has 78 valence electrons. The highest BCUT2D eigenvalue weighted by molar-refractivity contribution is 5.85. The van der Waals surface area contributed by atoms with Crippen molar-refractivity contribution in [2.75, 3.05) is 39.4 Å². The first-order chi connectivity index (χ1) is 5.97. The van der Waals surface area contributed by atoms with Gasteiger partial charge in [-0.3, -0.25) is 4.90 Å². The van der Waals surface area contributed by atoms with Gasteiger partial charge in [-0.25, -0.2) is 0 Å². The van der Waals surface area contributed by atoms with Gasteiger partial charge in [0.2, 0.25) is 0 Å². The number of nitrogens with one attached hydrogen (secondary N) is 1. The fourth-order valence-corrected chi connectivity index (χ4v) is 2.10. The average molecular weight is 207 g/mol. The third-order valence-corrected chi connectivity index (χ3v) is 2.86. The van der Waals surface area contributed by atoms with E-state index in [2.05, 4.69) is 10.2 Å². The summed E-state index contributed by atoms with van der Waals surface area (Å²) in [7, 11) is 0. The van der Waals surface area contributed by atoms with E-state index in [0.29, 0.717) is 0 Å². The number of hydrogen-bond acceptors (Lipinski definition) is 3. The van der Waals surface area contributed by atoms with E-state index in [-0.39, 0.29) is 12.4 Å². The maximum absolute atomic E-state index is 5.35. The number of nitrogens with zero attached hydrogens (tertiary/aromatic N) is 1. The first-order valence-corrected chi connectivity index (χ1v) is 4.99. The molecule has 2 fully saturated rings.